The molecule has 0 aliphatic carbocycles. The number of H-pyrrole nitrogens is 1. The standard InChI is InChI=1S/C21H24N2O2/c1-4-13-5-8-19(25-3)17(11-13)20-21-15(9-10-22-20)16-12-14(24-2)6-7-18(16)23-21/h5-8,11-12,20,22-23H,4,9-10H2,1-3H3. The molecular formula is C21H24N2O2. The number of aryl methyl sites for hydroxylation is 1. The van der Waals surface area contributed by atoms with E-state index in [0.717, 1.165) is 36.4 Å². The van der Waals surface area contributed by atoms with Gasteiger partial charge in [0.15, 0.2) is 0 Å². The van der Waals surface area contributed by atoms with Gasteiger partial charge in [0.2, 0.25) is 0 Å². The van der Waals surface area contributed by atoms with Crippen LogP contribution in [0.3, 0.4) is 0 Å². The lowest BCUT2D eigenvalue weighted by molar-refractivity contribution is 0.401. The molecule has 1 aromatic heterocycles. The van der Waals surface area contributed by atoms with Gasteiger partial charge in [0.25, 0.3) is 0 Å². The molecular weight excluding hydrogens is 312 g/mol. The van der Waals surface area contributed by atoms with E-state index in [4.69, 9.17) is 9.47 Å². The number of ether oxygens (including phenoxy) is 2. The molecule has 0 amide bonds. The molecule has 2 aromatic carbocycles. The van der Waals surface area contributed by atoms with Gasteiger partial charge in [0.1, 0.15) is 11.5 Å². The zero-order chi connectivity index (χ0) is 17.4. The third kappa shape index (κ3) is 2.67. The van der Waals surface area contributed by atoms with Crippen LogP contribution in [0.4, 0.5) is 0 Å². The Morgan fingerprint density at radius 2 is 1.96 bits per heavy atom. The highest BCUT2D eigenvalue weighted by atomic mass is 16.5. The summed E-state index contributed by atoms with van der Waals surface area (Å²) in [6, 6.07) is 12.8. The van der Waals surface area contributed by atoms with Crippen molar-refractivity contribution in [3.8, 4) is 11.5 Å². The van der Waals surface area contributed by atoms with Gasteiger partial charge in [0.05, 0.1) is 20.3 Å². The van der Waals surface area contributed by atoms with Crippen LogP contribution in [0.25, 0.3) is 10.9 Å². The molecule has 0 saturated carbocycles. The summed E-state index contributed by atoms with van der Waals surface area (Å²) in [6.07, 6.45) is 2.02. The van der Waals surface area contributed by atoms with Crippen LogP contribution in [-0.4, -0.2) is 25.7 Å². The molecule has 2 N–H and O–H groups in total. The smallest absolute Gasteiger partial charge is 0.124 e. The van der Waals surface area contributed by atoms with Crippen LogP contribution in [0.15, 0.2) is 36.4 Å². The number of methoxy groups -OCH3 is 2. The fourth-order valence-corrected chi connectivity index (χ4v) is 3.83. The number of hydrogen-bond acceptors (Lipinski definition) is 3. The van der Waals surface area contributed by atoms with Crippen LogP contribution in [0, 0.1) is 0 Å². The Bertz CT molecular complexity index is 914. The van der Waals surface area contributed by atoms with Gasteiger partial charge in [0, 0.05) is 28.7 Å². The van der Waals surface area contributed by atoms with Gasteiger partial charge in [-0.25, -0.2) is 0 Å². The second-order valence-corrected chi connectivity index (χ2v) is 6.50. The van der Waals surface area contributed by atoms with E-state index in [-0.39, 0.29) is 6.04 Å². The molecule has 0 bridgehead atoms. The first-order valence-corrected chi connectivity index (χ1v) is 8.83. The Balaban J connectivity index is 1.88. The highest BCUT2D eigenvalue weighted by Crippen LogP contribution is 2.38. The molecule has 1 aliphatic rings. The summed E-state index contributed by atoms with van der Waals surface area (Å²) >= 11 is 0. The Hall–Kier alpha value is -2.46. The van der Waals surface area contributed by atoms with Gasteiger partial charge >= 0.3 is 0 Å². The molecule has 1 atom stereocenters. The number of nitrogens with one attached hydrogen (secondary N) is 2. The maximum atomic E-state index is 5.65. The largest absolute Gasteiger partial charge is 0.497 e. The minimum Gasteiger partial charge on any atom is -0.497 e. The van der Waals surface area contributed by atoms with Crippen molar-refractivity contribution in [2.45, 2.75) is 25.8 Å². The lowest BCUT2D eigenvalue weighted by atomic mass is 9.92. The van der Waals surface area contributed by atoms with Crippen LogP contribution >= 0.6 is 0 Å². The molecule has 2 heterocycles. The molecule has 3 aromatic rings. The third-order valence-corrected chi connectivity index (χ3v) is 5.17. The number of hydrogen-bond donors (Lipinski definition) is 2. The fraction of sp³-hybridized carbons (Fsp3) is 0.333. The minimum absolute atomic E-state index is 0.114. The van der Waals surface area contributed by atoms with Crippen molar-refractivity contribution in [1.82, 2.24) is 10.3 Å². The van der Waals surface area contributed by atoms with Crippen LogP contribution in [0.2, 0.25) is 0 Å². The van der Waals surface area contributed by atoms with Crippen molar-refractivity contribution < 1.29 is 9.47 Å². The predicted molar refractivity (Wildman–Crippen MR) is 101 cm³/mol. The van der Waals surface area contributed by atoms with Gasteiger partial charge < -0.3 is 19.8 Å². The number of aromatic nitrogens is 1. The molecule has 0 fully saturated rings. The Morgan fingerprint density at radius 3 is 2.72 bits per heavy atom. The summed E-state index contributed by atoms with van der Waals surface area (Å²) in [4.78, 5) is 3.63. The van der Waals surface area contributed by atoms with Gasteiger partial charge in [-0.1, -0.05) is 19.1 Å². The van der Waals surface area contributed by atoms with Crippen molar-refractivity contribution >= 4 is 10.9 Å². The van der Waals surface area contributed by atoms with Gasteiger partial charge in [-0.05, 0) is 48.2 Å². The molecule has 4 heteroatoms. The molecule has 1 unspecified atom stereocenters. The summed E-state index contributed by atoms with van der Waals surface area (Å²) in [6.45, 7) is 3.13. The topological polar surface area (TPSA) is 46.3 Å². The number of benzene rings is 2. The fourth-order valence-electron chi connectivity index (χ4n) is 3.83. The normalized spacial score (nSPS) is 16.7. The van der Waals surface area contributed by atoms with Crippen molar-refractivity contribution in [3.63, 3.8) is 0 Å². The molecule has 25 heavy (non-hydrogen) atoms. The van der Waals surface area contributed by atoms with Crippen LogP contribution in [0.5, 0.6) is 11.5 Å². The van der Waals surface area contributed by atoms with Gasteiger partial charge in [-0.15, -0.1) is 0 Å². The van der Waals surface area contributed by atoms with Gasteiger partial charge in [-0.3, -0.25) is 0 Å². The predicted octanol–water partition coefficient (Wildman–Crippen LogP) is 3.98. The summed E-state index contributed by atoms with van der Waals surface area (Å²) in [5.74, 6) is 1.83. The summed E-state index contributed by atoms with van der Waals surface area (Å²) in [7, 11) is 3.45. The first-order valence-electron chi connectivity index (χ1n) is 8.83. The van der Waals surface area contributed by atoms with Crippen LogP contribution in [0.1, 0.15) is 35.3 Å². The lowest BCUT2D eigenvalue weighted by Crippen LogP contribution is -2.30. The third-order valence-electron chi connectivity index (χ3n) is 5.17. The zero-order valence-electron chi connectivity index (χ0n) is 15.0. The average Bonchev–Trinajstić information content (AvgIpc) is 3.05. The van der Waals surface area contributed by atoms with Crippen LogP contribution < -0.4 is 14.8 Å². The molecule has 130 valence electrons. The van der Waals surface area contributed by atoms with E-state index >= 15 is 0 Å². The lowest BCUT2D eigenvalue weighted by Gasteiger charge is -2.26. The molecule has 4 rings (SSSR count). The van der Waals surface area contributed by atoms with Crippen molar-refractivity contribution in [3.05, 3.63) is 58.8 Å². The maximum absolute atomic E-state index is 5.65. The van der Waals surface area contributed by atoms with Gasteiger partial charge in [-0.2, -0.15) is 0 Å². The average molecular weight is 336 g/mol. The highest BCUT2D eigenvalue weighted by molar-refractivity contribution is 5.86. The second-order valence-electron chi connectivity index (χ2n) is 6.50. The second kappa shape index (κ2) is 6.45. The first kappa shape index (κ1) is 16.0. The Morgan fingerprint density at radius 1 is 1.08 bits per heavy atom. The van der Waals surface area contributed by atoms with Crippen molar-refractivity contribution in [2.75, 3.05) is 20.8 Å². The molecule has 0 saturated heterocycles. The SMILES string of the molecule is CCc1ccc(OC)c(C2NCCc3c2[nH]c2ccc(OC)cc32)c1. The monoisotopic (exact) mass is 336 g/mol. The van der Waals surface area contributed by atoms with E-state index in [1.807, 2.05) is 6.07 Å². The minimum atomic E-state index is 0.114. The quantitative estimate of drug-likeness (QED) is 0.757. The number of rotatable bonds is 4. The zero-order valence-corrected chi connectivity index (χ0v) is 15.0. The number of fused-ring (bicyclic) bond motifs is 3. The highest BCUT2D eigenvalue weighted by Gasteiger charge is 2.27. The van der Waals surface area contributed by atoms with E-state index in [2.05, 4.69) is 47.6 Å². The van der Waals surface area contributed by atoms with E-state index in [0.29, 0.717) is 0 Å². The van der Waals surface area contributed by atoms with Crippen molar-refractivity contribution in [1.29, 1.82) is 0 Å². The van der Waals surface area contributed by atoms with E-state index < -0.39 is 0 Å². The first-order chi connectivity index (χ1) is 12.2. The molecule has 0 spiro atoms. The van der Waals surface area contributed by atoms with E-state index in [9.17, 15) is 0 Å². The van der Waals surface area contributed by atoms with Crippen LogP contribution in [-0.2, 0) is 12.8 Å². The Labute approximate surface area is 148 Å². The summed E-state index contributed by atoms with van der Waals surface area (Å²) in [5, 5.41) is 4.92. The van der Waals surface area contributed by atoms with Crippen molar-refractivity contribution in [2.24, 2.45) is 0 Å². The van der Waals surface area contributed by atoms with E-state index in [1.165, 1.54) is 27.8 Å². The summed E-state index contributed by atoms with van der Waals surface area (Å²) in [5.41, 5.74) is 6.29. The maximum Gasteiger partial charge on any atom is 0.124 e. The summed E-state index contributed by atoms with van der Waals surface area (Å²) < 4.78 is 11.1. The molecule has 4 nitrogen and oxygen atoms in total. The number of aromatic amines is 1. The Kier molecular flexibility index (Phi) is 4.14. The molecule has 1 aliphatic heterocycles. The molecule has 0 radical (unpaired) electrons. The van der Waals surface area contributed by atoms with E-state index in [1.54, 1.807) is 14.2 Å².